The van der Waals surface area contributed by atoms with Gasteiger partial charge >= 0.3 is 0 Å². The van der Waals surface area contributed by atoms with Crippen molar-refractivity contribution in [2.24, 2.45) is 0 Å². The van der Waals surface area contributed by atoms with Gasteiger partial charge in [-0.25, -0.2) is 4.39 Å². The first-order chi connectivity index (χ1) is 9.74. The van der Waals surface area contributed by atoms with Gasteiger partial charge in [-0.3, -0.25) is 4.98 Å². The minimum absolute atomic E-state index is 0.336. The molecular weight excluding hydrogens is 374 g/mol. The first-order valence-corrected chi connectivity index (χ1v) is 6.75. The summed E-state index contributed by atoms with van der Waals surface area (Å²) in [6.07, 6.45) is 4.50. The fourth-order valence-corrected chi connectivity index (χ4v) is 2.16. The fourth-order valence-electron chi connectivity index (χ4n) is 1.71. The molecule has 7 heteroatoms. The average Bonchev–Trinajstić information content (AvgIpc) is 2.96. The number of nitrogens with zero attached hydrogens (tertiary/aromatic N) is 3. The number of halogens is 2. The van der Waals surface area contributed by atoms with Crippen molar-refractivity contribution >= 4 is 34.0 Å². The first kappa shape index (κ1) is 13.0. The molecule has 0 saturated carbocycles. The lowest BCUT2D eigenvalue weighted by molar-refractivity contribution is 0.430. The standard InChI is InChI=1S/C13H8FIN4O/c14-10-5-8(15)1-2-11(10)19-12-6-16-4-3-9(12)13-17-7-18-20-13/h1-7,19H. The first-order valence-electron chi connectivity index (χ1n) is 5.67. The lowest BCUT2D eigenvalue weighted by Crippen LogP contribution is -1.97. The SMILES string of the molecule is Fc1cc(I)ccc1Nc1cnccc1-c1ncno1. The molecule has 2 heterocycles. The maximum Gasteiger partial charge on any atom is 0.259 e. The van der Waals surface area contributed by atoms with Gasteiger partial charge in [-0.15, -0.1) is 0 Å². The van der Waals surface area contributed by atoms with Crippen molar-refractivity contribution in [2.75, 3.05) is 5.32 Å². The molecule has 0 aliphatic carbocycles. The van der Waals surface area contributed by atoms with E-state index in [0.29, 0.717) is 22.8 Å². The molecule has 100 valence electrons. The number of benzene rings is 1. The van der Waals surface area contributed by atoms with E-state index in [-0.39, 0.29) is 5.82 Å². The Labute approximate surface area is 127 Å². The van der Waals surface area contributed by atoms with E-state index in [2.05, 4.69) is 43.0 Å². The number of aromatic nitrogens is 3. The Morgan fingerprint density at radius 3 is 2.85 bits per heavy atom. The lowest BCUT2D eigenvalue weighted by Gasteiger charge is -2.10. The number of pyridine rings is 1. The Hall–Kier alpha value is -2.03. The molecule has 0 fully saturated rings. The van der Waals surface area contributed by atoms with Crippen LogP contribution in [0.15, 0.2) is 47.5 Å². The highest BCUT2D eigenvalue weighted by Crippen LogP contribution is 2.29. The Morgan fingerprint density at radius 2 is 2.10 bits per heavy atom. The number of nitrogens with one attached hydrogen (secondary N) is 1. The van der Waals surface area contributed by atoms with E-state index in [0.717, 1.165) is 3.57 Å². The van der Waals surface area contributed by atoms with E-state index in [9.17, 15) is 4.39 Å². The van der Waals surface area contributed by atoms with Crippen LogP contribution in [0.3, 0.4) is 0 Å². The van der Waals surface area contributed by atoms with Crippen molar-refractivity contribution in [3.05, 3.63) is 52.4 Å². The second kappa shape index (κ2) is 5.53. The lowest BCUT2D eigenvalue weighted by atomic mass is 10.2. The third-order valence-electron chi connectivity index (χ3n) is 2.61. The number of rotatable bonds is 3. The summed E-state index contributed by atoms with van der Waals surface area (Å²) in [6, 6.07) is 6.66. The summed E-state index contributed by atoms with van der Waals surface area (Å²) in [6.45, 7) is 0. The van der Waals surface area contributed by atoms with Gasteiger partial charge in [-0.05, 0) is 46.9 Å². The monoisotopic (exact) mass is 382 g/mol. The van der Waals surface area contributed by atoms with E-state index < -0.39 is 0 Å². The van der Waals surface area contributed by atoms with Crippen LogP contribution in [0.5, 0.6) is 0 Å². The summed E-state index contributed by atoms with van der Waals surface area (Å²) >= 11 is 2.05. The van der Waals surface area contributed by atoms with Gasteiger partial charge in [0.15, 0.2) is 6.33 Å². The normalized spacial score (nSPS) is 10.5. The number of anilines is 2. The highest BCUT2D eigenvalue weighted by atomic mass is 127. The number of hydrogen-bond acceptors (Lipinski definition) is 5. The molecule has 0 aliphatic heterocycles. The summed E-state index contributed by atoms with van der Waals surface area (Å²) < 4.78 is 19.7. The zero-order valence-corrected chi connectivity index (χ0v) is 12.2. The van der Waals surface area contributed by atoms with Crippen molar-refractivity contribution in [2.45, 2.75) is 0 Å². The smallest absolute Gasteiger partial charge is 0.259 e. The maximum atomic E-state index is 13.9. The Balaban J connectivity index is 1.99. The molecule has 20 heavy (non-hydrogen) atoms. The summed E-state index contributed by atoms with van der Waals surface area (Å²) in [5.74, 6) is 0.0121. The van der Waals surface area contributed by atoms with Gasteiger partial charge in [0.05, 0.1) is 23.1 Å². The van der Waals surface area contributed by atoms with E-state index in [1.165, 1.54) is 12.4 Å². The molecule has 0 atom stereocenters. The molecule has 0 bridgehead atoms. The molecule has 0 aliphatic rings. The largest absolute Gasteiger partial charge is 0.351 e. The Bertz CT molecular complexity index is 733. The predicted molar refractivity (Wildman–Crippen MR) is 79.9 cm³/mol. The summed E-state index contributed by atoms with van der Waals surface area (Å²) in [4.78, 5) is 8.01. The molecule has 0 unspecified atom stereocenters. The second-order valence-corrected chi connectivity index (χ2v) is 5.16. The van der Waals surface area contributed by atoms with Crippen LogP contribution in [-0.4, -0.2) is 15.1 Å². The van der Waals surface area contributed by atoms with Gasteiger partial charge in [0.1, 0.15) is 5.82 Å². The minimum Gasteiger partial charge on any atom is -0.351 e. The van der Waals surface area contributed by atoms with Crippen LogP contribution in [0.4, 0.5) is 15.8 Å². The summed E-state index contributed by atoms with van der Waals surface area (Å²) in [5, 5.41) is 6.55. The van der Waals surface area contributed by atoms with Gasteiger partial charge in [0, 0.05) is 9.77 Å². The quantitative estimate of drug-likeness (QED) is 0.702. The molecule has 1 N–H and O–H groups in total. The van der Waals surface area contributed by atoms with Crippen LogP contribution in [-0.2, 0) is 0 Å². The van der Waals surface area contributed by atoms with Crippen LogP contribution in [0, 0.1) is 9.39 Å². The fraction of sp³-hybridized carbons (Fsp3) is 0. The van der Waals surface area contributed by atoms with Crippen molar-refractivity contribution in [3.63, 3.8) is 0 Å². The van der Waals surface area contributed by atoms with Gasteiger partial charge in [0.25, 0.3) is 5.89 Å². The summed E-state index contributed by atoms with van der Waals surface area (Å²) in [5.41, 5.74) is 1.62. The molecule has 2 aromatic heterocycles. The molecule has 1 aromatic carbocycles. The van der Waals surface area contributed by atoms with Crippen molar-refractivity contribution in [1.29, 1.82) is 0 Å². The van der Waals surface area contributed by atoms with E-state index in [1.54, 1.807) is 24.5 Å². The van der Waals surface area contributed by atoms with Gasteiger partial charge in [-0.1, -0.05) is 5.16 Å². The zero-order chi connectivity index (χ0) is 13.9. The molecule has 3 rings (SSSR count). The van der Waals surface area contributed by atoms with Crippen molar-refractivity contribution in [1.82, 2.24) is 15.1 Å². The average molecular weight is 382 g/mol. The molecule has 3 aromatic rings. The molecule has 5 nitrogen and oxygen atoms in total. The predicted octanol–water partition coefficient (Wildman–Crippen LogP) is 3.62. The van der Waals surface area contributed by atoms with E-state index in [1.807, 2.05) is 6.07 Å². The Kier molecular flexibility index (Phi) is 3.59. The topological polar surface area (TPSA) is 63.8 Å². The van der Waals surface area contributed by atoms with Gasteiger partial charge in [0.2, 0.25) is 0 Å². The molecular formula is C13H8FIN4O. The third-order valence-corrected chi connectivity index (χ3v) is 3.28. The number of hydrogen-bond donors (Lipinski definition) is 1. The van der Waals surface area contributed by atoms with Crippen LogP contribution in [0.1, 0.15) is 0 Å². The van der Waals surface area contributed by atoms with Gasteiger partial charge in [-0.2, -0.15) is 4.98 Å². The minimum atomic E-state index is -0.336. The van der Waals surface area contributed by atoms with Crippen molar-refractivity contribution < 1.29 is 8.91 Å². The van der Waals surface area contributed by atoms with E-state index in [4.69, 9.17) is 4.52 Å². The molecule has 0 radical (unpaired) electrons. The van der Waals surface area contributed by atoms with Gasteiger partial charge < -0.3 is 9.84 Å². The highest BCUT2D eigenvalue weighted by molar-refractivity contribution is 14.1. The van der Waals surface area contributed by atoms with Crippen LogP contribution in [0.2, 0.25) is 0 Å². The van der Waals surface area contributed by atoms with Crippen LogP contribution >= 0.6 is 22.6 Å². The van der Waals surface area contributed by atoms with Crippen molar-refractivity contribution in [3.8, 4) is 11.5 Å². The molecule has 0 amide bonds. The van der Waals surface area contributed by atoms with E-state index >= 15 is 0 Å². The van der Waals surface area contributed by atoms with Crippen LogP contribution in [0.25, 0.3) is 11.5 Å². The van der Waals surface area contributed by atoms with Crippen LogP contribution < -0.4 is 5.32 Å². The Morgan fingerprint density at radius 1 is 1.20 bits per heavy atom. The highest BCUT2D eigenvalue weighted by Gasteiger charge is 2.12. The third kappa shape index (κ3) is 2.62. The molecule has 0 spiro atoms. The summed E-state index contributed by atoms with van der Waals surface area (Å²) in [7, 11) is 0. The maximum absolute atomic E-state index is 13.9. The molecule has 0 saturated heterocycles. The zero-order valence-electron chi connectivity index (χ0n) is 10.0. The second-order valence-electron chi connectivity index (χ2n) is 3.92.